The lowest BCUT2D eigenvalue weighted by Gasteiger charge is -2.51. The number of hydrogen-bond acceptors (Lipinski definition) is 14. The minimum atomic E-state index is -0.672. The van der Waals surface area contributed by atoms with Crippen LogP contribution < -0.4 is 37.3 Å². The van der Waals surface area contributed by atoms with E-state index in [2.05, 4.69) is 30.6 Å². The maximum absolute atomic E-state index is 13.7. The number of carbonyl (C=O) groups is 3. The Morgan fingerprint density at radius 2 is 1.68 bits per heavy atom. The maximum atomic E-state index is 13.7. The zero-order valence-corrected chi connectivity index (χ0v) is 36.0. The van der Waals surface area contributed by atoms with E-state index in [-0.39, 0.29) is 59.7 Å². The molecular formula is C43H55N13O7. The van der Waals surface area contributed by atoms with Crippen LogP contribution >= 0.6 is 0 Å². The third-order valence-electron chi connectivity index (χ3n) is 11.1. The minimum Gasteiger partial charge on any atom is -0.508 e. The normalized spacial score (nSPS) is 15.6. The van der Waals surface area contributed by atoms with E-state index in [1.807, 2.05) is 26.0 Å². The number of amides is 3. The number of aryl methyl sites for hydroxylation is 2. The molecule has 2 aliphatic rings. The van der Waals surface area contributed by atoms with Gasteiger partial charge < -0.3 is 45.7 Å². The van der Waals surface area contributed by atoms with Crippen molar-refractivity contribution in [2.24, 2.45) is 22.2 Å². The lowest BCUT2D eigenvalue weighted by Crippen LogP contribution is -2.64. The van der Waals surface area contributed by atoms with E-state index in [0.717, 1.165) is 39.1 Å². The Kier molecular flexibility index (Phi) is 13.4. The summed E-state index contributed by atoms with van der Waals surface area (Å²) in [7, 11) is 2.99. The van der Waals surface area contributed by atoms with E-state index in [0.29, 0.717) is 64.5 Å². The number of benzene rings is 2. The quantitative estimate of drug-likeness (QED) is 0.0320. The van der Waals surface area contributed by atoms with Crippen molar-refractivity contribution in [1.29, 1.82) is 0 Å². The second-order valence-corrected chi connectivity index (χ2v) is 15.6. The van der Waals surface area contributed by atoms with Gasteiger partial charge in [-0.15, -0.1) is 0 Å². The number of anilines is 2. The highest BCUT2D eigenvalue weighted by Gasteiger charge is 2.44. The first-order valence-electron chi connectivity index (χ1n) is 20.9. The van der Waals surface area contributed by atoms with Gasteiger partial charge in [0, 0.05) is 89.1 Å². The molecule has 20 nitrogen and oxygen atoms in total. The van der Waals surface area contributed by atoms with Crippen molar-refractivity contribution in [3.05, 3.63) is 70.7 Å². The topological polar surface area (TPSA) is 270 Å². The van der Waals surface area contributed by atoms with Crippen molar-refractivity contribution in [2.75, 3.05) is 64.2 Å². The highest BCUT2D eigenvalue weighted by molar-refractivity contribution is 6.18. The van der Waals surface area contributed by atoms with Crippen LogP contribution in [0.4, 0.5) is 11.9 Å². The van der Waals surface area contributed by atoms with E-state index in [9.17, 15) is 19.5 Å². The fourth-order valence-electron chi connectivity index (χ4n) is 8.15. The number of allylic oxidation sites excluding steroid dienone is 2. The average Bonchev–Trinajstić information content (AvgIpc) is 3.93. The fourth-order valence-corrected chi connectivity index (χ4v) is 8.15. The Labute approximate surface area is 363 Å². The van der Waals surface area contributed by atoms with Gasteiger partial charge in [-0.25, -0.2) is 9.97 Å². The number of imidazole rings is 2. The Balaban J connectivity index is 1.21. The maximum Gasteiger partial charge on any atom is 0.276 e. The zero-order valence-electron chi connectivity index (χ0n) is 36.0. The van der Waals surface area contributed by atoms with Gasteiger partial charge in [0.25, 0.3) is 11.8 Å². The molecule has 2 aromatic carbocycles. The molecule has 0 atom stereocenters. The smallest absolute Gasteiger partial charge is 0.276 e. The molecule has 5 aromatic rings. The summed E-state index contributed by atoms with van der Waals surface area (Å²) in [5.74, 6) is -0.737. The molecule has 0 bridgehead atoms. The van der Waals surface area contributed by atoms with Gasteiger partial charge in [0.05, 0.1) is 41.6 Å². The number of methoxy groups -OCH3 is 1. The molecule has 0 unspecified atom stereocenters. The monoisotopic (exact) mass is 865 g/mol. The first-order valence-corrected chi connectivity index (χ1v) is 20.9. The minimum absolute atomic E-state index is 0.0250. The molecule has 7 rings (SSSR count). The molecule has 334 valence electrons. The van der Waals surface area contributed by atoms with Gasteiger partial charge in [-0.1, -0.05) is 12.2 Å². The summed E-state index contributed by atoms with van der Waals surface area (Å²) in [6.45, 7) is 8.16. The molecule has 20 heteroatoms. The molecular weight excluding hydrogens is 811 g/mol. The Morgan fingerprint density at radius 3 is 2.32 bits per heavy atom. The average molecular weight is 866 g/mol. The number of likely N-dealkylation sites (tertiary alicyclic amines) is 1. The summed E-state index contributed by atoms with van der Waals surface area (Å²) in [6, 6.07) is 7.77. The number of ether oxygens (including phenoxy) is 3. The Bertz CT molecular complexity index is 2610. The van der Waals surface area contributed by atoms with Crippen molar-refractivity contribution >= 4 is 57.9 Å². The van der Waals surface area contributed by atoms with E-state index in [4.69, 9.17) is 36.4 Å². The molecule has 0 aliphatic carbocycles. The van der Waals surface area contributed by atoms with E-state index in [1.54, 1.807) is 32.0 Å². The van der Waals surface area contributed by atoms with Crippen molar-refractivity contribution in [3.63, 3.8) is 0 Å². The number of nitrogens with zero attached hydrogens (tertiary/aromatic N) is 8. The van der Waals surface area contributed by atoms with E-state index >= 15 is 0 Å². The van der Waals surface area contributed by atoms with Crippen LogP contribution in [0.1, 0.15) is 59.1 Å². The van der Waals surface area contributed by atoms with Crippen LogP contribution in [-0.2, 0) is 29.2 Å². The number of phenolic OH excluding ortho intramolecular Hbond substituents is 1. The van der Waals surface area contributed by atoms with Crippen molar-refractivity contribution in [3.8, 4) is 17.2 Å². The number of hydrogen-bond donors (Lipinski definition) is 6. The SMILES string of the molecule is CCn1nc(C)cc1C(=O)Nc1nc2cc(O)cc(OC)c2n1C/C=C/Cn1c(NC(=O)/C(C=NC)=C(/N)CN)nc2cc(C(N)=O)cc(OCCCN3CC4(CCCCO4)C3)c21. The number of aliphatic imine (C=N–C) groups is 1. The van der Waals surface area contributed by atoms with Crippen LogP contribution in [0.3, 0.4) is 0 Å². The zero-order chi connectivity index (χ0) is 44.8. The van der Waals surface area contributed by atoms with Gasteiger partial charge in [-0.2, -0.15) is 5.10 Å². The largest absolute Gasteiger partial charge is 0.508 e. The predicted molar refractivity (Wildman–Crippen MR) is 238 cm³/mol. The lowest BCUT2D eigenvalue weighted by atomic mass is 9.86. The molecule has 63 heavy (non-hydrogen) atoms. The van der Waals surface area contributed by atoms with Crippen LogP contribution in [-0.4, -0.2) is 122 Å². The van der Waals surface area contributed by atoms with Crippen LogP contribution in [0.25, 0.3) is 22.1 Å². The summed E-state index contributed by atoms with van der Waals surface area (Å²) in [6.07, 6.45) is 9.09. The van der Waals surface area contributed by atoms with Gasteiger partial charge in [-0.05, 0) is 57.7 Å². The number of carbonyl (C=O) groups excluding carboxylic acids is 3. The number of nitrogens with two attached hydrogens (primary N) is 3. The lowest BCUT2D eigenvalue weighted by molar-refractivity contribution is -0.166. The second-order valence-electron chi connectivity index (χ2n) is 15.6. The molecule has 1 spiro atoms. The summed E-state index contributed by atoms with van der Waals surface area (Å²) < 4.78 is 23.2. The Hall–Kier alpha value is -6.77. The highest BCUT2D eigenvalue weighted by Crippen LogP contribution is 2.36. The van der Waals surface area contributed by atoms with Crippen molar-refractivity contribution < 1.29 is 33.7 Å². The van der Waals surface area contributed by atoms with Gasteiger partial charge >= 0.3 is 0 Å². The van der Waals surface area contributed by atoms with E-state index in [1.165, 1.54) is 38.9 Å². The van der Waals surface area contributed by atoms with Crippen molar-refractivity contribution in [1.82, 2.24) is 33.8 Å². The highest BCUT2D eigenvalue weighted by atomic mass is 16.5. The molecule has 0 saturated carbocycles. The van der Waals surface area contributed by atoms with Gasteiger partial charge in [0.1, 0.15) is 34.0 Å². The number of primary amides is 1. The van der Waals surface area contributed by atoms with Crippen LogP contribution in [0.5, 0.6) is 17.2 Å². The van der Waals surface area contributed by atoms with Gasteiger partial charge in [0.15, 0.2) is 0 Å². The van der Waals surface area contributed by atoms with Crippen molar-refractivity contribution in [2.45, 2.75) is 64.8 Å². The Morgan fingerprint density at radius 1 is 0.984 bits per heavy atom. The number of aromatic hydroxyl groups is 1. The van der Waals surface area contributed by atoms with Gasteiger partial charge in [0.2, 0.25) is 17.8 Å². The standard InChI is InChI=1S/C43H55N13O7/c1-5-56-33(17-26(2)52-56)40(60)51-42-49-32-20-28(57)21-34(61-4)36(32)54(42)13-7-8-14-55-37-31(48-41(55)50-39(59)29(23-47-3)30(45)22-44)18-27(38(46)58)19-35(37)62-15-10-12-53-24-43(25-53)11-6-9-16-63-43/h7-8,17-21,23,57H,5-6,9-16,22,24-25,44-45H2,1-4H3,(H2,46,58)(H,48,50,59)(H,49,51,60)/b8-7+,30-29+,47-23?. The van der Waals surface area contributed by atoms with Crippen LogP contribution in [0.15, 0.2) is 58.7 Å². The molecule has 5 heterocycles. The summed E-state index contributed by atoms with van der Waals surface area (Å²) >= 11 is 0. The molecule has 2 fully saturated rings. The third kappa shape index (κ3) is 9.52. The van der Waals surface area contributed by atoms with Gasteiger partial charge in [-0.3, -0.25) is 39.6 Å². The second kappa shape index (κ2) is 19.1. The molecule has 3 aromatic heterocycles. The molecule has 2 aliphatic heterocycles. The first-order chi connectivity index (χ1) is 30.4. The number of rotatable bonds is 18. The number of aromatic nitrogens is 6. The fraction of sp³-hybridized carbons (Fsp3) is 0.419. The predicted octanol–water partition coefficient (Wildman–Crippen LogP) is 3.07. The third-order valence-corrected chi connectivity index (χ3v) is 11.1. The molecule has 3 amide bonds. The summed E-state index contributed by atoms with van der Waals surface area (Å²) in [4.78, 5) is 55.6. The van der Waals surface area contributed by atoms with E-state index < -0.39 is 17.7 Å². The molecule has 0 radical (unpaired) electrons. The van der Waals surface area contributed by atoms with Crippen LogP contribution in [0.2, 0.25) is 0 Å². The summed E-state index contributed by atoms with van der Waals surface area (Å²) in [5, 5.41) is 20.6. The molecule has 9 N–H and O–H groups in total. The first kappa shape index (κ1) is 44.3. The summed E-state index contributed by atoms with van der Waals surface area (Å²) in [5.41, 5.74) is 20.9. The molecule has 2 saturated heterocycles. The number of fused-ring (bicyclic) bond motifs is 2. The number of nitrogens with one attached hydrogen (secondary N) is 2. The van der Waals surface area contributed by atoms with Crippen LogP contribution in [0, 0.1) is 6.92 Å². The number of phenols is 1.